The minimum atomic E-state index is -2.98. The van der Waals surface area contributed by atoms with Crippen LogP contribution in [0.25, 0.3) is 0 Å². The van der Waals surface area contributed by atoms with Crippen molar-refractivity contribution in [2.45, 2.75) is 25.3 Å². The zero-order valence-electron chi connectivity index (χ0n) is 9.72. The van der Waals surface area contributed by atoms with Crippen molar-refractivity contribution in [3.05, 3.63) is 0 Å². The van der Waals surface area contributed by atoms with Crippen molar-refractivity contribution < 1.29 is 18.3 Å². The highest BCUT2D eigenvalue weighted by atomic mass is 32.2. The second kappa shape index (κ2) is 5.14. The van der Waals surface area contributed by atoms with Crippen LogP contribution in [0.1, 0.15) is 19.3 Å². The summed E-state index contributed by atoms with van der Waals surface area (Å²) in [6.07, 6.45) is 3.65. The molecule has 6 heteroatoms. The van der Waals surface area contributed by atoms with E-state index in [0.29, 0.717) is 13.0 Å². The number of nitrogens with zero attached hydrogens (tertiary/aromatic N) is 1. The summed E-state index contributed by atoms with van der Waals surface area (Å²) in [6.45, 7) is 0.410. The summed E-state index contributed by atoms with van der Waals surface area (Å²) >= 11 is 0. The van der Waals surface area contributed by atoms with Crippen molar-refractivity contribution in [3.8, 4) is 0 Å². The highest BCUT2D eigenvalue weighted by Gasteiger charge is 2.35. The molecule has 2 unspecified atom stereocenters. The molecular weight excluding hydrogens is 230 g/mol. The van der Waals surface area contributed by atoms with Gasteiger partial charge in [-0.1, -0.05) is 6.42 Å². The van der Waals surface area contributed by atoms with E-state index in [0.717, 1.165) is 12.8 Å². The third-order valence-corrected chi connectivity index (χ3v) is 4.10. The number of hydrogen-bond acceptors (Lipinski definition) is 4. The Bertz CT molecular complexity index is 352. The SMILES string of the molecule is CN(CCS(C)(=O)=O)C1CCCC1C(=O)O. The van der Waals surface area contributed by atoms with Crippen LogP contribution in [0.5, 0.6) is 0 Å². The monoisotopic (exact) mass is 249 g/mol. The first kappa shape index (κ1) is 13.4. The van der Waals surface area contributed by atoms with Crippen molar-refractivity contribution in [1.29, 1.82) is 0 Å². The minimum Gasteiger partial charge on any atom is -0.481 e. The maximum atomic E-state index is 11.0. The molecule has 0 aromatic carbocycles. The van der Waals surface area contributed by atoms with Crippen molar-refractivity contribution in [2.75, 3.05) is 25.6 Å². The number of carboxylic acids is 1. The summed E-state index contributed by atoms with van der Waals surface area (Å²) in [6, 6.07) is -0.0146. The van der Waals surface area contributed by atoms with E-state index in [1.165, 1.54) is 6.26 Å². The predicted octanol–water partition coefficient (Wildman–Crippen LogP) is 0.216. The van der Waals surface area contributed by atoms with Gasteiger partial charge in [-0.25, -0.2) is 8.42 Å². The van der Waals surface area contributed by atoms with E-state index in [2.05, 4.69) is 0 Å². The van der Waals surface area contributed by atoms with Gasteiger partial charge in [0.1, 0.15) is 9.84 Å². The van der Waals surface area contributed by atoms with E-state index in [1.54, 1.807) is 7.05 Å². The second-order valence-corrected chi connectivity index (χ2v) is 6.81. The molecule has 2 atom stereocenters. The molecule has 1 N–H and O–H groups in total. The topological polar surface area (TPSA) is 74.7 Å². The molecular formula is C10H19NO4S. The molecule has 0 spiro atoms. The van der Waals surface area contributed by atoms with Gasteiger partial charge in [0.2, 0.25) is 0 Å². The average Bonchev–Trinajstić information content (AvgIpc) is 2.61. The van der Waals surface area contributed by atoms with Crippen LogP contribution in [-0.4, -0.2) is 56.0 Å². The van der Waals surface area contributed by atoms with Crippen LogP contribution in [0.3, 0.4) is 0 Å². The standard InChI is InChI=1S/C10H19NO4S/c1-11(6-7-16(2,14)15)9-5-3-4-8(9)10(12)13/h8-9H,3-7H2,1-2H3,(H,12,13). The number of sulfone groups is 1. The quantitative estimate of drug-likeness (QED) is 0.754. The summed E-state index contributed by atoms with van der Waals surface area (Å²) in [4.78, 5) is 12.8. The lowest BCUT2D eigenvalue weighted by atomic mass is 10.0. The fourth-order valence-electron chi connectivity index (χ4n) is 2.23. The summed E-state index contributed by atoms with van der Waals surface area (Å²) in [5.74, 6) is -1.02. The molecule has 1 aliphatic carbocycles. The molecule has 1 fully saturated rings. The lowest BCUT2D eigenvalue weighted by Crippen LogP contribution is -2.40. The van der Waals surface area contributed by atoms with Gasteiger partial charge in [0.25, 0.3) is 0 Å². The van der Waals surface area contributed by atoms with Crippen molar-refractivity contribution in [1.82, 2.24) is 4.90 Å². The molecule has 0 aromatic rings. The Kier molecular flexibility index (Phi) is 4.32. The van der Waals surface area contributed by atoms with E-state index in [-0.39, 0.29) is 17.7 Å². The number of hydrogen-bond donors (Lipinski definition) is 1. The molecule has 1 rings (SSSR count). The summed E-state index contributed by atoms with van der Waals surface area (Å²) < 4.78 is 22.0. The van der Waals surface area contributed by atoms with Crippen LogP contribution in [0.4, 0.5) is 0 Å². The van der Waals surface area contributed by atoms with Gasteiger partial charge in [0.15, 0.2) is 0 Å². The Morgan fingerprint density at radius 2 is 2.06 bits per heavy atom. The fourth-order valence-corrected chi connectivity index (χ4v) is 2.85. The molecule has 0 bridgehead atoms. The van der Waals surface area contributed by atoms with Crippen LogP contribution < -0.4 is 0 Å². The van der Waals surface area contributed by atoms with E-state index in [9.17, 15) is 13.2 Å². The first-order valence-electron chi connectivity index (χ1n) is 5.42. The zero-order valence-corrected chi connectivity index (χ0v) is 10.5. The smallest absolute Gasteiger partial charge is 0.308 e. The molecule has 5 nitrogen and oxygen atoms in total. The molecule has 0 amide bonds. The Balaban J connectivity index is 2.53. The minimum absolute atomic E-state index is 0.0146. The van der Waals surface area contributed by atoms with Crippen LogP contribution in [-0.2, 0) is 14.6 Å². The molecule has 1 aliphatic rings. The number of aliphatic carboxylic acids is 1. The summed E-state index contributed by atoms with van der Waals surface area (Å²) in [5.41, 5.74) is 0. The molecule has 16 heavy (non-hydrogen) atoms. The van der Waals surface area contributed by atoms with Crippen molar-refractivity contribution >= 4 is 15.8 Å². The first-order chi connectivity index (χ1) is 7.31. The third-order valence-electron chi connectivity index (χ3n) is 3.18. The Morgan fingerprint density at radius 3 is 2.56 bits per heavy atom. The van der Waals surface area contributed by atoms with E-state index in [4.69, 9.17) is 5.11 Å². The van der Waals surface area contributed by atoms with E-state index >= 15 is 0 Å². The number of rotatable bonds is 5. The molecule has 0 radical (unpaired) electrons. The van der Waals surface area contributed by atoms with Crippen molar-refractivity contribution in [3.63, 3.8) is 0 Å². The second-order valence-electron chi connectivity index (χ2n) is 4.55. The lowest BCUT2D eigenvalue weighted by Gasteiger charge is -2.27. The molecule has 0 saturated heterocycles. The van der Waals surface area contributed by atoms with E-state index < -0.39 is 15.8 Å². The Labute approximate surface area is 96.4 Å². The van der Waals surface area contributed by atoms with Crippen LogP contribution in [0.2, 0.25) is 0 Å². The van der Waals surface area contributed by atoms with Crippen molar-refractivity contribution in [2.24, 2.45) is 5.92 Å². The normalized spacial score (nSPS) is 26.2. The molecule has 0 aromatic heterocycles. The van der Waals surface area contributed by atoms with Gasteiger partial charge in [-0.15, -0.1) is 0 Å². The maximum absolute atomic E-state index is 11.0. The summed E-state index contributed by atoms with van der Waals surface area (Å²) in [7, 11) is -1.17. The van der Waals surface area contributed by atoms with Crippen LogP contribution in [0, 0.1) is 5.92 Å². The molecule has 0 heterocycles. The third kappa shape index (κ3) is 3.75. The van der Waals surface area contributed by atoms with Gasteiger partial charge in [-0.2, -0.15) is 0 Å². The highest BCUT2D eigenvalue weighted by Crippen LogP contribution is 2.29. The molecule has 94 valence electrons. The predicted molar refractivity (Wildman–Crippen MR) is 61.1 cm³/mol. The molecule has 1 saturated carbocycles. The van der Waals surface area contributed by atoms with E-state index in [1.807, 2.05) is 4.90 Å². The number of carboxylic acid groups (broad SMARTS) is 1. The van der Waals surface area contributed by atoms with Crippen LogP contribution >= 0.6 is 0 Å². The van der Waals surface area contributed by atoms with Gasteiger partial charge in [0, 0.05) is 18.8 Å². The van der Waals surface area contributed by atoms with Gasteiger partial charge < -0.3 is 10.0 Å². The highest BCUT2D eigenvalue weighted by molar-refractivity contribution is 7.90. The number of carbonyl (C=O) groups is 1. The Morgan fingerprint density at radius 1 is 1.44 bits per heavy atom. The van der Waals surface area contributed by atoms with Crippen LogP contribution in [0.15, 0.2) is 0 Å². The molecule has 0 aliphatic heterocycles. The van der Waals surface area contributed by atoms with Gasteiger partial charge >= 0.3 is 5.97 Å². The maximum Gasteiger partial charge on any atom is 0.308 e. The average molecular weight is 249 g/mol. The van der Waals surface area contributed by atoms with Gasteiger partial charge in [-0.3, -0.25) is 4.79 Å². The Hall–Kier alpha value is -0.620. The largest absolute Gasteiger partial charge is 0.481 e. The lowest BCUT2D eigenvalue weighted by molar-refractivity contribution is -0.143. The first-order valence-corrected chi connectivity index (χ1v) is 7.48. The van der Waals surface area contributed by atoms with Gasteiger partial charge in [0.05, 0.1) is 11.7 Å². The fraction of sp³-hybridized carbons (Fsp3) is 0.900. The van der Waals surface area contributed by atoms with Gasteiger partial charge in [-0.05, 0) is 19.9 Å². The zero-order chi connectivity index (χ0) is 12.3. The summed E-state index contributed by atoms with van der Waals surface area (Å²) in [5, 5.41) is 9.02.